The summed E-state index contributed by atoms with van der Waals surface area (Å²) in [6, 6.07) is 0. The fourth-order valence-electron chi connectivity index (χ4n) is 0.248. The molecule has 0 aliphatic carbocycles. The average Bonchev–Trinajstić information content (AvgIpc) is 1.61. The summed E-state index contributed by atoms with van der Waals surface area (Å²) in [6.07, 6.45) is 2.38. The van der Waals surface area contributed by atoms with Crippen molar-refractivity contribution in [2.75, 3.05) is 0 Å². The van der Waals surface area contributed by atoms with Crippen molar-refractivity contribution in [3.05, 3.63) is 11.1 Å². The zero-order valence-corrected chi connectivity index (χ0v) is 5.85. The van der Waals surface area contributed by atoms with Gasteiger partial charge in [0.05, 0.1) is 6.10 Å². The van der Waals surface area contributed by atoms with Crippen molar-refractivity contribution >= 4 is 15.9 Å². The highest BCUT2D eigenvalue weighted by Crippen LogP contribution is 1.92. The van der Waals surface area contributed by atoms with Gasteiger partial charge in [0, 0.05) is 0 Å². The molecule has 0 radical (unpaired) electrons. The molecule has 0 aromatic carbocycles. The molecule has 1 unspecified atom stereocenters. The highest BCUT2D eigenvalue weighted by molar-refractivity contribution is 9.11. The Morgan fingerprint density at radius 3 is 2.57 bits per heavy atom. The van der Waals surface area contributed by atoms with Crippen LogP contribution in [0.25, 0.3) is 0 Å². The predicted octanol–water partition coefficient (Wildman–Crippen LogP) is 1.67. The van der Waals surface area contributed by atoms with Crippen LogP contribution < -0.4 is 0 Å². The first-order valence-electron chi connectivity index (χ1n) is 2.20. The van der Waals surface area contributed by atoms with E-state index in [4.69, 9.17) is 5.11 Å². The maximum absolute atomic E-state index is 8.61. The number of rotatable bonds is 2. The molecule has 0 aromatic rings. The number of aliphatic hydroxyl groups is 1. The van der Waals surface area contributed by atoms with E-state index in [1.54, 1.807) is 11.9 Å². The Morgan fingerprint density at radius 1 is 1.86 bits per heavy atom. The van der Waals surface area contributed by atoms with Crippen LogP contribution in [0.5, 0.6) is 0 Å². The number of hydrogen-bond acceptors (Lipinski definition) is 1. The summed E-state index contributed by atoms with van der Waals surface area (Å²) >= 11 is 3.09. The summed E-state index contributed by atoms with van der Waals surface area (Å²) < 4.78 is 0. The van der Waals surface area contributed by atoms with E-state index in [0.717, 1.165) is 6.42 Å². The van der Waals surface area contributed by atoms with E-state index in [-0.39, 0.29) is 6.10 Å². The van der Waals surface area contributed by atoms with Crippen molar-refractivity contribution in [2.45, 2.75) is 19.4 Å². The molecular weight excluding hydrogens is 156 g/mol. The van der Waals surface area contributed by atoms with Gasteiger partial charge in [0.2, 0.25) is 0 Å². The van der Waals surface area contributed by atoms with E-state index in [9.17, 15) is 0 Å². The minimum absolute atomic E-state index is 0.214. The summed E-state index contributed by atoms with van der Waals surface area (Å²) in [4.78, 5) is 1.75. The van der Waals surface area contributed by atoms with Crippen molar-refractivity contribution in [1.82, 2.24) is 0 Å². The average molecular weight is 165 g/mol. The Balaban J connectivity index is 2.97. The van der Waals surface area contributed by atoms with Crippen LogP contribution in [-0.2, 0) is 0 Å². The van der Waals surface area contributed by atoms with E-state index < -0.39 is 0 Å². The zero-order valence-electron chi connectivity index (χ0n) is 4.26. The second-order valence-corrected chi connectivity index (χ2v) is 1.98. The van der Waals surface area contributed by atoms with Crippen LogP contribution in [0, 0.1) is 0 Å². The first-order valence-corrected chi connectivity index (χ1v) is 3.12. The summed E-state index contributed by atoms with van der Waals surface area (Å²) in [5.74, 6) is 0. The van der Waals surface area contributed by atoms with Crippen LogP contribution in [0.4, 0.5) is 0 Å². The predicted molar refractivity (Wildman–Crippen MR) is 34.4 cm³/mol. The van der Waals surface area contributed by atoms with Gasteiger partial charge in [-0.15, -0.1) is 0 Å². The van der Waals surface area contributed by atoms with Crippen LogP contribution in [0.3, 0.4) is 0 Å². The maximum atomic E-state index is 8.61. The lowest BCUT2D eigenvalue weighted by molar-refractivity contribution is 0.198. The molecule has 0 aliphatic heterocycles. The fraction of sp³-hybridized carbons (Fsp3) is 0.600. The monoisotopic (exact) mass is 164 g/mol. The molecule has 0 heterocycles. The molecule has 0 bridgehead atoms. The van der Waals surface area contributed by atoms with Gasteiger partial charge in [0.15, 0.2) is 0 Å². The third-order valence-corrected chi connectivity index (χ3v) is 0.940. The molecular formula is C5H9BrO. The normalized spacial score (nSPS) is 15.3. The number of halogens is 1. The van der Waals surface area contributed by atoms with Gasteiger partial charge in [-0.1, -0.05) is 22.0 Å². The summed E-state index contributed by atoms with van der Waals surface area (Å²) in [5, 5.41) is 8.61. The first kappa shape index (κ1) is 7.18. The molecule has 42 valence electrons. The van der Waals surface area contributed by atoms with Gasteiger partial charge in [-0.25, -0.2) is 0 Å². The molecule has 1 nitrogen and oxygen atoms in total. The highest BCUT2D eigenvalue weighted by atomic mass is 79.9. The van der Waals surface area contributed by atoms with Crippen molar-refractivity contribution in [2.24, 2.45) is 0 Å². The topological polar surface area (TPSA) is 20.2 Å². The van der Waals surface area contributed by atoms with Crippen LogP contribution in [0.1, 0.15) is 13.3 Å². The first-order chi connectivity index (χ1) is 3.27. The van der Waals surface area contributed by atoms with Gasteiger partial charge in [0.25, 0.3) is 0 Å². The molecule has 7 heavy (non-hydrogen) atoms. The largest absolute Gasteiger partial charge is 0.393 e. The molecule has 0 rings (SSSR count). The van der Waals surface area contributed by atoms with Crippen molar-refractivity contribution in [1.29, 1.82) is 0 Å². The Kier molecular flexibility index (Phi) is 4.45. The van der Waals surface area contributed by atoms with Gasteiger partial charge in [-0.3, -0.25) is 0 Å². The van der Waals surface area contributed by atoms with Gasteiger partial charge >= 0.3 is 0 Å². The molecule has 0 aromatic heterocycles. The molecule has 0 saturated carbocycles. The fourth-order valence-corrected chi connectivity index (χ4v) is 0.464. The summed E-state index contributed by atoms with van der Waals surface area (Å²) in [7, 11) is 0. The third kappa shape index (κ3) is 6.18. The van der Waals surface area contributed by atoms with Crippen LogP contribution in [0.2, 0.25) is 0 Å². The molecule has 0 saturated heterocycles. The van der Waals surface area contributed by atoms with Crippen LogP contribution in [0.15, 0.2) is 11.1 Å². The van der Waals surface area contributed by atoms with Crippen molar-refractivity contribution in [3.63, 3.8) is 0 Å². The summed E-state index contributed by atoms with van der Waals surface area (Å²) in [6.45, 7) is 1.76. The molecule has 2 heteroatoms. The van der Waals surface area contributed by atoms with E-state index in [2.05, 4.69) is 15.9 Å². The number of hydrogen-bond donors (Lipinski definition) is 1. The van der Waals surface area contributed by atoms with E-state index in [1.807, 2.05) is 6.08 Å². The molecule has 0 spiro atoms. The van der Waals surface area contributed by atoms with Crippen LogP contribution >= 0.6 is 15.9 Å². The molecule has 0 aliphatic rings. The Morgan fingerprint density at radius 2 is 2.43 bits per heavy atom. The molecule has 1 N–H and O–H groups in total. The Hall–Kier alpha value is 0.180. The zero-order chi connectivity index (χ0) is 5.70. The standard InChI is InChI=1S/C5H9BrO/c1-5(7)3-2-4-6/h2,4-5,7H,3H2,1H3/b4-2-. The molecule has 0 amide bonds. The minimum Gasteiger partial charge on any atom is -0.393 e. The Labute approximate surface area is 52.2 Å². The lowest BCUT2D eigenvalue weighted by Crippen LogP contribution is -1.94. The van der Waals surface area contributed by atoms with Gasteiger partial charge in [-0.2, -0.15) is 0 Å². The van der Waals surface area contributed by atoms with Crippen molar-refractivity contribution < 1.29 is 5.11 Å². The van der Waals surface area contributed by atoms with E-state index in [0.29, 0.717) is 0 Å². The smallest absolute Gasteiger partial charge is 0.0546 e. The summed E-state index contributed by atoms with van der Waals surface area (Å²) in [5.41, 5.74) is 0. The van der Waals surface area contributed by atoms with Gasteiger partial charge in [-0.05, 0) is 18.3 Å². The molecule has 1 atom stereocenters. The van der Waals surface area contributed by atoms with Crippen LogP contribution in [-0.4, -0.2) is 11.2 Å². The van der Waals surface area contributed by atoms with Crippen molar-refractivity contribution in [3.8, 4) is 0 Å². The van der Waals surface area contributed by atoms with Gasteiger partial charge in [0.1, 0.15) is 0 Å². The minimum atomic E-state index is -0.214. The quantitative estimate of drug-likeness (QED) is 0.659. The lowest BCUT2D eigenvalue weighted by Gasteiger charge is -1.93. The number of aliphatic hydroxyl groups excluding tert-OH is 1. The Bertz CT molecular complexity index is 59.1. The van der Waals surface area contributed by atoms with E-state index in [1.165, 1.54) is 0 Å². The second-order valence-electron chi connectivity index (χ2n) is 1.45. The molecule has 0 fully saturated rings. The van der Waals surface area contributed by atoms with E-state index >= 15 is 0 Å². The highest BCUT2D eigenvalue weighted by Gasteiger charge is 1.85. The van der Waals surface area contributed by atoms with Gasteiger partial charge < -0.3 is 5.11 Å². The third-order valence-electron chi connectivity index (χ3n) is 0.566. The lowest BCUT2D eigenvalue weighted by atomic mass is 10.3. The second kappa shape index (κ2) is 4.34. The maximum Gasteiger partial charge on any atom is 0.0546 e. The SMILES string of the molecule is CC(O)C/C=C\Br.